The van der Waals surface area contributed by atoms with Crippen molar-refractivity contribution in [3.05, 3.63) is 48.0 Å². The molecule has 0 N–H and O–H groups in total. The molecule has 0 radical (unpaired) electrons. The van der Waals surface area contributed by atoms with Gasteiger partial charge in [0.1, 0.15) is 0 Å². The Hall–Kier alpha value is -1.09. The lowest BCUT2D eigenvalue weighted by molar-refractivity contribution is -0.0556. The molecule has 1 fully saturated rings. The van der Waals surface area contributed by atoms with Crippen LogP contribution < -0.4 is 0 Å². The van der Waals surface area contributed by atoms with Crippen LogP contribution in [0.1, 0.15) is 11.9 Å². The molecule has 2 aromatic carbocycles. The molecule has 88 valence electrons. The largest absolute Gasteiger partial charge is 0.346 e. The molecule has 1 aliphatic heterocycles. The molecule has 0 spiro atoms. The van der Waals surface area contributed by atoms with E-state index in [0.717, 1.165) is 5.56 Å². The number of benzene rings is 2. The van der Waals surface area contributed by atoms with Crippen LogP contribution in [-0.4, -0.2) is 18.6 Å². The monoisotopic (exact) mass is 248 g/mol. The van der Waals surface area contributed by atoms with Gasteiger partial charge in [0.05, 0.1) is 18.6 Å². The van der Waals surface area contributed by atoms with Gasteiger partial charge >= 0.3 is 0 Å². The Labute approximate surface area is 105 Å². The van der Waals surface area contributed by atoms with Gasteiger partial charge in [-0.2, -0.15) is 0 Å². The molecule has 0 unspecified atom stereocenters. The maximum atomic E-state index is 5.77. The van der Waals surface area contributed by atoms with Crippen LogP contribution in [-0.2, 0) is 9.47 Å². The Kier molecular flexibility index (Phi) is 3.02. The number of alkyl halides is 1. The second-order valence-corrected chi connectivity index (χ2v) is 4.45. The standard InChI is InChI=1S/C14H13ClO2/c15-8-11-9-16-14(17-11)13-7-3-5-10-4-1-2-6-12(10)13/h1-7,11,14H,8-9H2/t11-,14+/m1/s1. The Morgan fingerprint density at radius 1 is 1.12 bits per heavy atom. The number of rotatable bonds is 2. The number of halogens is 1. The zero-order chi connectivity index (χ0) is 11.7. The van der Waals surface area contributed by atoms with Gasteiger partial charge in [-0.05, 0) is 10.8 Å². The minimum Gasteiger partial charge on any atom is -0.346 e. The Morgan fingerprint density at radius 2 is 1.94 bits per heavy atom. The van der Waals surface area contributed by atoms with Crippen LogP contribution in [0.2, 0.25) is 0 Å². The summed E-state index contributed by atoms with van der Waals surface area (Å²) in [5, 5.41) is 2.38. The summed E-state index contributed by atoms with van der Waals surface area (Å²) < 4.78 is 11.4. The number of hydrogen-bond acceptors (Lipinski definition) is 2. The molecule has 0 aliphatic carbocycles. The van der Waals surface area contributed by atoms with Crippen LogP contribution in [0.4, 0.5) is 0 Å². The molecule has 1 saturated heterocycles. The minimum absolute atomic E-state index is 0.000588. The summed E-state index contributed by atoms with van der Waals surface area (Å²) in [5.41, 5.74) is 1.08. The molecule has 0 saturated carbocycles. The van der Waals surface area contributed by atoms with E-state index in [0.29, 0.717) is 12.5 Å². The first-order valence-electron chi connectivity index (χ1n) is 5.69. The van der Waals surface area contributed by atoms with E-state index < -0.39 is 0 Å². The van der Waals surface area contributed by atoms with Crippen molar-refractivity contribution in [2.24, 2.45) is 0 Å². The molecule has 3 heteroatoms. The quantitative estimate of drug-likeness (QED) is 0.758. The number of hydrogen-bond donors (Lipinski definition) is 0. The molecular formula is C14H13ClO2. The van der Waals surface area contributed by atoms with E-state index in [1.165, 1.54) is 10.8 Å². The summed E-state index contributed by atoms with van der Waals surface area (Å²) >= 11 is 5.77. The topological polar surface area (TPSA) is 18.5 Å². The van der Waals surface area contributed by atoms with Gasteiger partial charge in [0.2, 0.25) is 0 Å². The Bertz CT molecular complexity index is 521. The third kappa shape index (κ3) is 2.04. The summed E-state index contributed by atoms with van der Waals surface area (Å²) in [6.45, 7) is 0.567. The lowest BCUT2D eigenvalue weighted by Gasteiger charge is -2.13. The molecule has 3 rings (SSSR count). The van der Waals surface area contributed by atoms with Crippen molar-refractivity contribution in [1.29, 1.82) is 0 Å². The maximum Gasteiger partial charge on any atom is 0.185 e. The first-order valence-corrected chi connectivity index (χ1v) is 6.22. The third-order valence-corrected chi connectivity index (χ3v) is 3.34. The normalized spacial score (nSPS) is 24.3. The van der Waals surface area contributed by atoms with Crippen molar-refractivity contribution >= 4 is 22.4 Å². The van der Waals surface area contributed by atoms with E-state index in [4.69, 9.17) is 21.1 Å². The van der Waals surface area contributed by atoms with Crippen LogP contribution in [0.3, 0.4) is 0 Å². The molecule has 0 aromatic heterocycles. The highest BCUT2D eigenvalue weighted by atomic mass is 35.5. The fourth-order valence-electron chi connectivity index (χ4n) is 2.15. The van der Waals surface area contributed by atoms with Crippen LogP contribution in [0.5, 0.6) is 0 Å². The molecule has 2 nitrogen and oxygen atoms in total. The number of fused-ring (bicyclic) bond motifs is 1. The molecule has 0 bridgehead atoms. The predicted molar refractivity (Wildman–Crippen MR) is 68.2 cm³/mol. The lowest BCUT2D eigenvalue weighted by Crippen LogP contribution is -2.10. The zero-order valence-electron chi connectivity index (χ0n) is 9.30. The van der Waals surface area contributed by atoms with E-state index in [2.05, 4.69) is 18.2 Å². The molecule has 0 amide bonds. The second kappa shape index (κ2) is 4.65. The van der Waals surface area contributed by atoms with E-state index in [-0.39, 0.29) is 12.4 Å². The van der Waals surface area contributed by atoms with Gasteiger partial charge < -0.3 is 9.47 Å². The minimum atomic E-state index is -0.287. The van der Waals surface area contributed by atoms with E-state index in [1.54, 1.807) is 0 Å². The van der Waals surface area contributed by atoms with Crippen molar-refractivity contribution in [2.45, 2.75) is 12.4 Å². The van der Waals surface area contributed by atoms with E-state index in [1.807, 2.05) is 24.3 Å². The summed E-state index contributed by atoms with van der Waals surface area (Å²) in [7, 11) is 0. The van der Waals surface area contributed by atoms with Crippen molar-refractivity contribution in [2.75, 3.05) is 12.5 Å². The molecule has 1 aliphatic rings. The third-order valence-electron chi connectivity index (χ3n) is 3.00. The smallest absolute Gasteiger partial charge is 0.185 e. The van der Waals surface area contributed by atoms with Crippen molar-refractivity contribution in [3.8, 4) is 0 Å². The Balaban J connectivity index is 2.00. The first kappa shape index (κ1) is 11.0. The van der Waals surface area contributed by atoms with Crippen molar-refractivity contribution in [3.63, 3.8) is 0 Å². The maximum absolute atomic E-state index is 5.77. The highest BCUT2D eigenvalue weighted by molar-refractivity contribution is 6.18. The average Bonchev–Trinajstić information content (AvgIpc) is 2.87. The Morgan fingerprint density at radius 3 is 2.76 bits per heavy atom. The van der Waals surface area contributed by atoms with Crippen LogP contribution in [0.15, 0.2) is 42.5 Å². The summed E-state index contributed by atoms with van der Waals surface area (Å²) in [6.07, 6.45) is -0.287. The van der Waals surface area contributed by atoms with E-state index >= 15 is 0 Å². The van der Waals surface area contributed by atoms with Gasteiger partial charge in [-0.15, -0.1) is 11.6 Å². The summed E-state index contributed by atoms with van der Waals surface area (Å²) in [5.74, 6) is 0.473. The predicted octanol–water partition coefficient (Wildman–Crippen LogP) is 3.49. The first-order chi connectivity index (χ1) is 8.38. The average molecular weight is 249 g/mol. The SMILES string of the molecule is ClC[C@@H]1CO[C@H](c2cccc3ccccc23)O1. The van der Waals surface area contributed by atoms with Gasteiger partial charge in [-0.25, -0.2) is 0 Å². The molecular weight excluding hydrogens is 236 g/mol. The molecule has 17 heavy (non-hydrogen) atoms. The summed E-state index contributed by atoms with van der Waals surface area (Å²) in [6, 6.07) is 14.4. The molecule has 2 atom stereocenters. The van der Waals surface area contributed by atoms with Gasteiger partial charge in [0.15, 0.2) is 6.29 Å². The molecule has 1 heterocycles. The zero-order valence-corrected chi connectivity index (χ0v) is 10.1. The van der Waals surface area contributed by atoms with Gasteiger partial charge in [0.25, 0.3) is 0 Å². The summed E-state index contributed by atoms with van der Waals surface area (Å²) in [4.78, 5) is 0. The second-order valence-electron chi connectivity index (χ2n) is 4.15. The van der Waals surface area contributed by atoms with Crippen molar-refractivity contribution in [1.82, 2.24) is 0 Å². The van der Waals surface area contributed by atoms with Crippen LogP contribution in [0, 0.1) is 0 Å². The van der Waals surface area contributed by atoms with Gasteiger partial charge in [-0.3, -0.25) is 0 Å². The van der Waals surface area contributed by atoms with Crippen molar-refractivity contribution < 1.29 is 9.47 Å². The fraction of sp³-hybridized carbons (Fsp3) is 0.286. The van der Waals surface area contributed by atoms with Crippen LogP contribution in [0.25, 0.3) is 10.8 Å². The van der Waals surface area contributed by atoms with Crippen LogP contribution >= 0.6 is 11.6 Å². The van der Waals surface area contributed by atoms with Gasteiger partial charge in [-0.1, -0.05) is 42.5 Å². The van der Waals surface area contributed by atoms with E-state index in [9.17, 15) is 0 Å². The fourth-order valence-corrected chi connectivity index (χ4v) is 2.31. The van der Waals surface area contributed by atoms with Gasteiger partial charge in [0, 0.05) is 5.56 Å². The molecule has 2 aromatic rings. The highest BCUT2D eigenvalue weighted by Crippen LogP contribution is 2.32. The highest BCUT2D eigenvalue weighted by Gasteiger charge is 2.27. The lowest BCUT2D eigenvalue weighted by atomic mass is 10.0. The number of ether oxygens (including phenoxy) is 2.